The molecule has 0 bridgehead atoms. The molecule has 6 heteroatoms. The summed E-state index contributed by atoms with van der Waals surface area (Å²) < 4.78 is 0. The Morgan fingerprint density at radius 2 is 0.625 bits per heavy atom. The molecule has 0 radical (unpaired) electrons. The standard InChI is InChI=1S/2C24H41N2.6C7H7.2Zr.2H2/c1-9-10-11-12-13-17-25-24(7,8)20(6)26-23-21(18(2)3)15-14-16-22(23)19(4)5;1-9-10-11-12-13-17-25-20(6)24(7,8)26-23-21(18(2)3)15-14-16-22(23)19(4)5;6*1-7-5-3-2-4-6-7;;;;/h2*14-16,18-19H,9-13,17H2,1-8H3;6*2-6H,1H2;;;2*1H/q8*-1;2*+4;;. The summed E-state index contributed by atoms with van der Waals surface area (Å²) in [6.45, 7) is 59.8. The van der Waals surface area contributed by atoms with E-state index < -0.39 is 0 Å². The van der Waals surface area contributed by atoms with Gasteiger partial charge in [-0.05, 0) is 60.8 Å². The van der Waals surface area contributed by atoms with Gasteiger partial charge in [-0.1, -0.05) is 250 Å². The minimum atomic E-state index is -0.266. The number of rotatable bonds is 22. The summed E-state index contributed by atoms with van der Waals surface area (Å²) in [6, 6.07) is 72.5. The molecular formula is C90H128N4Zr2. The van der Waals surface area contributed by atoms with Gasteiger partial charge >= 0.3 is 52.4 Å². The Labute approximate surface area is 632 Å². The zero-order valence-corrected chi connectivity index (χ0v) is 67.5. The molecule has 0 saturated heterocycles. The van der Waals surface area contributed by atoms with Crippen LogP contribution in [0.2, 0.25) is 0 Å². The summed E-state index contributed by atoms with van der Waals surface area (Å²) in [7, 11) is 0. The number of hydrogen-bond donors (Lipinski definition) is 0. The number of nitrogens with zero attached hydrogens (tertiary/aromatic N) is 4. The van der Waals surface area contributed by atoms with Gasteiger partial charge in [0.2, 0.25) is 0 Å². The Balaban J connectivity index is -0.000000556. The SMILES string of the molecule is CCCCCCCN=C(C)C(C)(C)[N-]c1c(C(C)C)cccc1C(C)C.CCCCCCC[N-]C(C)(C)C(C)=Nc1c(C(C)C)cccc1C(C)C.[CH2-]c1ccccc1.[CH2-]c1ccccc1.[CH2-]c1ccccc1.[CH2-]c1ccccc1.[CH2-]c1ccccc1.[CH2-]c1ccccc1.[HH].[HH].[Zr+4].[Zr+4]. The molecule has 4 nitrogen and oxygen atoms in total. The van der Waals surface area contributed by atoms with Gasteiger partial charge in [0.25, 0.3) is 0 Å². The second kappa shape index (κ2) is 54.8. The van der Waals surface area contributed by atoms with Crippen molar-refractivity contribution < 1.29 is 55.3 Å². The Kier molecular flexibility index (Phi) is 52.5. The van der Waals surface area contributed by atoms with Gasteiger partial charge in [0, 0.05) is 15.1 Å². The maximum atomic E-state index is 5.23. The molecule has 0 heterocycles. The van der Waals surface area contributed by atoms with Gasteiger partial charge in [-0.15, -0.1) is 85.0 Å². The first-order chi connectivity index (χ1) is 44.8. The quantitative estimate of drug-likeness (QED) is 0.0369. The second-order valence-corrected chi connectivity index (χ2v) is 26.2. The van der Waals surface area contributed by atoms with Crippen LogP contribution in [-0.2, 0) is 52.4 Å². The van der Waals surface area contributed by atoms with Crippen LogP contribution in [0, 0.1) is 41.5 Å². The third-order valence-electron chi connectivity index (χ3n) is 15.6. The van der Waals surface area contributed by atoms with Crippen molar-refractivity contribution in [2.45, 2.75) is 210 Å². The topological polar surface area (TPSA) is 52.9 Å². The van der Waals surface area contributed by atoms with Gasteiger partial charge in [-0.3, -0.25) is 9.98 Å². The van der Waals surface area contributed by atoms with E-state index in [1.807, 2.05) is 182 Å². The van der Waals surface area contributed by atoms with Gasteiger partial charge in [-0.25, -0.2) is 0 Å². The molecule has 0 N–H and O–H groups in total. The van der Waals surface area contributed by atoms with E-state index in [-0.39, 0.29) is 66.3 Å². The summed E-state index contributed by atoms with van der Waals surface area (Å²) in [5.74, 6) is 1.89. The Morgan fingerprint density at radius 3 is 0.885 bits per heavy atom. The van der Waals surface area contributed by atoms with Crippen molar-refractivity contribution in [2.24, 2.45) is 9.98 Å². The fourth-order valence-corrected chi connectivity index (χ4v) is 9.16. The van der Waals surface area contributed by atoms with Gasteiger partial charge in [0.1, 0.15) is 0 Å². The van der Waals surface area contributed by atoms with E-state index in [1.165, 1.54) is 97.8 Å². The Hall–Kier alpha value is -6.15. The number of unbranched alkanes of at least 4 members (excludes halogenated alkanes) is 8. The van der Waals surface area contributed by atoms with Crippen LogP contribution in [0.1, 0.15) is 257 Å². The first-order valence-corrected chi connectivity index (χ1v) is 34.7. The van der Waals surface area contributed by atoms with Crippen molar-refractivity contribution in [2.75, 3.05) is 13.1 Å². The second-order valence-electron chi connectivity index (χ2n) is 26.2. The van der Waals surface area contributed by atoms with Crippen LogP contribution >= 0.6 is 0 Å². The van der Waals surface area contributed by atoms with E-state index >= 15 is 0 Å². The zero-order valence-electron chi connectivity index (χ0n) is 62.6. The molecule has 8 aromatic rings. The van der Waals surface area contributed by atoms with Crippen LogP contribution in [0.4, 0.5) is 11.4 Å². The summed E-state index contributed by atoms with van der Waals surface area (Å²) in [5, 5.41) is 10.2. The molecule has 0 unspecified atom stereocenters. The zero-order chi connectivity index (χ0) is 70.2. The van der Waals surface area contributed by atoms with Crippen LogP contribution in [0.15, 0.2) is 228 Å². The summed E-state index contributed by atoms with van der Waals surface area (Å²) in [6.07, 6.45) is 12.9. The molecule has 96 heavy (non-hydrogen) atoms. The predicted molar refractivity (Wildman–Crippen MR) is 427 cm³/mol. The maximum Gasteiger partial charge on any atom is 4.00 e. The molecule has 8 aromatic carbocycles. The van der Waals surface area contributed by atoms with Crippen molar-refractivity contribution >= 4 is 22.8 Å². The average Bonchev–Trinajstić information content (AvgIpc) is 0.819. The van der Waals surface area contributed by atoms with E-state index in [9.17, 15) is 0 Å². The molecular weight excluding hydrogens is 1320 g/mol. The molecule has 0 saturated carbocycles. The van der Waals surface area contributed by atoms with Crippen molar-refractivity contribution in [1.82, 2.24) is 0 Å². The molecule has 0 aliphatic rings. The maximum absolute atomic E-state index is 5.23. The van der Waals surface area contributed by atoms with Crippen LogP contribution in [0.25, 0.3) is 10.6 Å². The Bertz CT molecular complexity index is 2820. The molecule has 0 aliphatic heterocycles. The minimum Gasteiger partial charge on any atom is -0.674 e. The number of para-hydroxylation sites is 2. The van der Waals surface area contributed by atoms with E-state index in [1.54, 1.807) is 0 Å². The third kappa shape index (κ3) is 43.2. The molecule has 0 fully saturated rings. The van der Waals surface area contributed by atoms with Crippen molar-refractivity contribution in [1.29, 1.82) is 0 Å². The number of aliphatic imine (C=N–C) groups is 2. The fraction of sp³-hybridized carbons (Fsp3) is 0.378. The molecule has 0 aromatic heterocycles. The third-order valence-corrected chi connectivity index (χ3v) is 15.6. The summed E-state index contributed by atoms with van der Waals surface area (Å²) >= 11 is 0. The molecule has 0 aliphatic carbocycles. The molecule has 0 atom stereocenters. The van der Waals surface area contributed by atoms with Gasteiger partial charge in [-0.2, -0.15) is 148 Å². The van der Waals surface area contributed by atoms with Crippen LogP contribution in [-0.4, -0.2) is 35.6 Å². The number of benzene rings is 8. The molecule has 8 rings (SSSR count). The van der Waals surface area contributed by atoms with Crippen molar-refractivity contribution in [3.05, 3.63) is 326 Å². The monoisotopic (exact) mass is 1440 g/mol. The number of hydrogen-bond acceptors (Lipinski definition) is 2. The average molecular weight is 1450 g/mol. The summed E-state index contributed by atoms with van der Waals surface area (Å²) in [5.41, 5.74) is 15.9. The largest absolute Gasteiger partial charge is 4.00 e. The molecule has 0 spiro atoms. The molecule has 0 amide bonds. The van der Waals surface area contributed by atoms with Crippen LogP contribution < -0.4 is 0 Å². The van der Waals surface area contributed by atoms with E-state index in [2.05, 4.69) is 189 Å². The first-order valence-electron chi connectivity index (χ1n) is 34.7. The van der Waals surface area contributed by atoms with Crippen molar-refractivity contribution in [3.63, 3.8) is 0 Å². The summed E-state index contributed by atoms with van der Waals surface area (Å²) in [4.78, 5) is 9.99. The van der Waals surface area contributed by atoms with E-state index in [4.69, 9.17) is 20.6 Å². The molecule has 516 valence electrons. The Morgan fingerprint density at radius 1 is 0.354 bits per heavy atom. The van der Waals surface area contributed by atoms with E-state index in [0.29, 0.717) is 23.7 Å². The normalized spacial score (nSPS) is 10.8. The predicted octanol–water partition coefficient (Wildman–Crippen LogP) is 28.0. The van der Waals surface area contributed by atoms with E-state index in [0.717, 1.165) is 57.9 Å². The smallest absolute Gasteiger partial charge is 0.674 e. The van der Waals surface area contributed by atoms with Crippen LogP contribution in [0.3, 0.4) is 0 Å². The van der Waals surface area contributed by atoms with Gasteiger partial charge < -0.3 is 10.6 Å². The van der Waals surface area contributed by atoms with Crippen molar-refractivity contribution in [3.8, 4) is 0 Å². The van der Waals surface area contributed by atoms with Gasteiger partial charge in [0.15, 0.2) is 0 Å². The van der Waals surface area contributed by atoms with Crippen LogP contribution in [0.5, 0.6) is 0 Å². The fourth-order valence-electron chi connectivity index (χ4n) is 9.16. The minimum absolute atomic E-state index is 0. The van der Waals surface area contributed by atoms with Gasteiger partial charge in [0.05, 0.1) is 5.69 Å². The first kappa shape index (κ1) is 91.9.